The van der Waals surface area contributed by atoms with Gasteiger partial charge in [0.05, 0.1) is 0 Å². The maximum atomic E-state index is 2.54. The third-order valence-electron chi connectivity index (χ3n) is 15.4. The van der Waals surface area contributed by atoms with Crippen LogP contribution >= 0.6 is 0 Å². The lowest BCUT2D eigenvalue weighted by Crippen LogP contribution is -2.31. The first-order valence-electron chi connectivity index (χ1n) is 22.6. The SMILES string of the molecule is CN1c2ccccc2C(C)(C)c2c(-c3cccc4c(-c5cccc6c5C(C)(C)c5ccccc5-6)c5cccc(-c6cccc7c6C(C)(C)c6ccccc6N7C)c5cc34)cccc21. The van der Waals surface area contributed by atoms with E-state index < -0.39 is 0 Å². The van der Waals surface area contributed by atoms with E-state index in [1.54, 1.807) is 0 Å². The van der Waals surface area contributed by atoms with E-state index in [9.17, 15) is 0 Å². The molecule has 0 unspecified atom stereocenters. The van der Waals surface area contributed by atoms with Gasteiger partial charge in [-0.3, -0.25) is 0 Å². The fourth-order valence-electron chi connectivity index (χ4n) is 12.5. The molecule has 0 fully saturated rings. The summed E-state index contributed by atoms with van der Waals surface area (Å²) in [6.45, 7) is 14.5. The van der Waals surface area contributed by atoms with E-state index in [2.05, 4.69) is 235 Å². The zero-order chi connectivity index (χ0) is 43.2. The van der Waals surface area contributed by atoms with Gasteiger partial charge in [0.2, 0.25) is 0 Å². The highest BCUT2D eigenvalue weighted by molar-refractivity contribution is 6.20. The van der Waals surface area contributed by atoms with E-state index in [-0.39, 0.29) is 16.2 Å². The Morgan fingerprint density at radius 2 is 0.635 bits per heavy atom. The third-order valence-corrected chi connectivity index (χ3v) is 15.4. The maximum Gasteiger partial charge on any atom is 0.0455 e. The first kappa shape index (κ1) is 37.8. The van der Waals surface area contributed by atoms with Gasteiger partial charge in [0, 0.05) is 53.1 Å². The van der Waals surface area contributed by atoms with Crippen molar-refractivity contribution in [1.29, 1.82) is 0 Å². The molecule has 2 heteroatoms. The Hall–Kier alpha value is -6.90. The molecule has 9 aromatic rings. The fourth-order valence-corrected chi connectivity index (χ4v) is 12.5. The molecule has 2 heterocycles. The van der Waals surface area contributed by atoms with Gasteiger partial charge in [-0.1, -0.05) is 181 Å². The molecule has 9 aromatic carbocycles. The van der Waals surface area contributed by atoms with Crippen LogP contribution in [0.25, 0.3) is 66.1 Å². The quantitative estimate of drug-likeness (QED) is 0.164. The summed E-state index contributed by atoms with van der Waals surface area (Å²) in [5.74, 6) is 0. The van der Waals surface area contributed by atoms with Crippen molar-refractivity contribution in [2.75, 3.05) is 23.9 Å². The molecule has 3 aliphatic rings. The molecule has 0 radical (unpaired) electrons. The Kier molecular flexibility index (Phi) is 7.85. The number of hydrogen-bond acceptors (Lipinski definition) is 2. The standard InChI is InChI=1S/C61H52N2/c1-59(2)48-29-10-9-20-39(48)44-25-17-28-45(56(44)59)55-40-23-15-21-37(42-26-18-34-53-57(42)60(3,4)49-30-11-13-32-51(49)62(53)7)46(40)36-47-38(22-16-24-41(47)55)43-27-19-35-54-58(43)61(5,6)50-31-12-14-33-52(50)63(54)8/h9-36H,1-8H3. The van der Waals surface area contributed by atoms with Crippen molar-refractivity contribution >= 4 is 44.3 Å². The van der Waals surface area contributed by atoms with Gasteiger partial charge in [0.1, 0.15) is 0 Å². The van der Waals surface area contributed by atoms with E-state index >= 15 is 0 Å². The topological polar surface area (TPSA) is 6.48 Å². The van der Waals surface area contributed by atoms with Crippen molar-refractivity contribution in [2.24, 2.45) is 0 Å². The van der Waals surface area contributed by atoms with E-state index in [1.807, 2.05) is 0 Å². The van der Waals surface area contributed by atoms with Crippen LogP contribution in [0.2, 0.25) is 0 Å². The predicted molar refractivity (Wildman–Crippen MR) is 269 cm³/mol. The van der Waals surface area contributed by atoms with Crippen molar-refractivity contribution in [2.45, 2.75) is 57.8 Å². The highest BCUT2D eigenvalue weighted by atomic mass is 15.1. The number of nitrogens with zero attached hydrogens (tertiary/aromatic N) is 2. The smallest absolute Gasteiger partial charge is 0.0455 e. The number of hydrogen-bond donors (Lipinski definition) is 0. The second kappa shape index (κ2) is 13.1. The molecule has 0 N–H and O–H groups in total. The first-order valence-corrected chi connectivity index (χ1v) is 22.6. The summed E-state index contributed by atoms with van der Waals surface area (Å²) in [4.78, 5) is 4.79. The Morgan fingerprint density at radius 3 is 1.16 bits per heavy atom. The van der Waals surface area contributed by atoms with Crippen LogP contribution in [0.1, 0.15) is 74.9 Å². The summed E-state index contributed by atoms with van der Waals surface area (Å²) >= 11 is 0. The van der Waals surface area contributed by atoms with Gasteiger partial charge >= 0.3 is 0 Å². The lowest BCUT2D eigenvalue weighted by molar-refractivity contribution is 0.631. The van der Waals surface area contributed by atoms with Gasteiger partial charge in [-0.15, -0.1) is 0 Å². The molecule has 2 aliphatic heterocycles. The normalized spacial score (nSPS) is 15.9. The first-order chi connectivity index (χ1) is 30.4. The van der Waals surface area contributed by atoms with Crippen molar-refractivity contribution in [3.63, 3.8) is 0 Å². The second-order valence-electron chi connectivity index (χ2n) is 19.8. The minimum atomic E-state index is -0.227. The summed E-state index contributed by atoms with van der Waals surface area (Å²) < 4.78 is 0. The lowest BCUT2D eigenvalue weighted by Gasteiger charge is -2.42. The van der Waals surface area contributed by atoms with Crippen molar-refractivity contribution in [1.82, 2.24) is 0 Å². The molecule has 0 atom stereocenters. The Morgan fingerprint density at radius 1 is 0.286 bits per heavy atom. The minimum Gasteiger partial charge on any atom is -0.344 e. The van der Waals surface area contributed by atoms with Crippen LogP contribution in [-0.2, 0) is 16.2 Å². The molecule has 0 aromatic heterocycles. The van der Waals surface area contributed by atoms with E-state index in [0.29, 0.717) is 0 Å². The zero-order valence-corrected chi connectivity index (χ0v) is 37.6. The molecule has 0 amide bonds. The third kappa shape index (κ3) is 5.01. The van der Waals surface area contributed by atoms with Crippen LogP contribution in [-0.4, -0.2) is 14.1 Å². The van der Waals surface area contributed by atoms with Gasteiger partial charge in [0.25, 0.3) is 0 Å². The van der Waals surface area contributed by atoms with Gasteiger partial charge in [-0.25, -0.2) is 0 Å². The van der Waals surface area contributed by atoms with Gasteiger partial charge in [-0.05, 0) is 130 Å². The summed E-state index contributed by atoms with van der Waals surface area (Å²) in [6.07, 6.45) is 0. The summed E-state index contributed by atoms with van der Waals surface area (Å²) in [5, 5.41) is 5.11. The van der Waals surface area contributed by atoms with Crippen LogP contribution in [0, 0.1) is 0 Å². The molecule has 1 aliphatic carbocycles. The van der Waals surface area contributed by atoms with E-state index in [4.69, 9.17) is 0 Å². The highest BCUT2D eigenvalue weighted by Gasteiger charge is 2.41. The highest BCUT2D eigenvalue weighted by Crippen LogP contribution is 2.57. The summed E-state index contributed by atoms with van der Waals surface area (Å²) in [6, 6.07) is 64.5. The second-order valence-corrected chi connectivity index (χ2v) is 19.8. The monoisotopic (exact) mass is 812 g/mol. The summed E-state index contributed by atoms with van der Waals surface area (Å²) in [5.41, 5.74) is 23.1. The van der Waals surface area contributed by atoms with Crippen molar-refractivity contribution < 1.29 is 0 Å². The van der Waals surface area contributed by atoms with Crippen LogP contribution in [0.5, 0.6) is 0 Å². The minimum absolute atomic E-state index is 0.187. The van der Waals surface area contributed by atoms with Gasteiger partial charge < -0.3 is 9.80 Å². The van der Waals surface area contributed by atoms with Crippen molar-refractivity contribution in [3.05, 3.63) is 203 Å². The Bertz CT molecular complexity index is 3240. The molecule has 63 heavy (non-hydrogen) atoms. The lowest BCUT2D eigenvalue weighted by atomic mass is 9.70. The van der Waals surface area contributed by atoms with Gasteiger partial charge in [-0.2, -0.15) is 0 Å². The Balaban J connectivity index is 1.21. The number of anilines is 4. The van der Waals surface area contributed by atoms with Crippen molar-refractivity contribution in [3.8, 4) is 44.5 Å². The van der Waals surface area contributed by atoms with Crippen LogP contribution in [0.4, 0.5) is 22.7 Å². The van der Waals surface area contributed by atoms with Crippen LogP contribution < -0.4 is 9.80 Å². The zero-order valence-electron chi connectivity index (χ0n) is 37.6. The molecule has 0 saturated heterocycles. The molecule has 0 bridgehead atoms. The molecular weight excluding hydrogens is 761 g/mol. The fraction of sp³-hybridized carbons (Fsp3) is 0.180. The van der Waals surface area contributed by atoms with Gasteiger partial charge in [0.15, 0.2) is 0 Å². The predicted octanol–water partition coefficient (Wildman–Crippen LogP) is 16.1. The molecule has 306 valence electrons. The number of fused-ring (bicyclic) bond motifs is 9. The van der Waals surface area contributed by atoms with E-state index in [1.165, 1.54) is 122 Å². The van der Waals surface area contributed by atoms with E-state index in [0.717, 1.165) is 0 Å². The molecule has 0 spiro atoms. The number of benzene rings is 9. The average Bonchev–Trinajstić information content (AvgIpc) is 3.54. The molecule has 12 rings (SSSR count). The van der Waals surface area contributed by atoms with Crippen LogP contribution in [0.3, 0.4) is 0 Å². The molecule has 2 nitrogen and oxygen atoms in total. The maximum absolute atomic E-state index is 2.54. The summed E-state index contributed by atoms with van der Waals surface area (Å²) in [7, 11) is 4.45. The van der Waals surface area contributed by atoms with Crippen LogP contribution in [0.15, 0.2) is 170 Å². The molecular formula is C61H52N2. The average molecular weight is 813 g/mol. The Labute approximate surface area is 372 Å². The largest absolute Gasteiger partial charge is 0.344 e. The number of rotatable bonds is 3. The molecule has 0 saturated carbocycles. The number of para-hydroxylation sites is 2.